The Balaban J connectivity index is 0.00000161. The molecule has 21 heavy (non-hydrogen) atoms. The van der Waals surface area contributed by atoms with Crippen molar-refractivity contribution < 1.29 is 20.1 Å². The number of aromatic nitrogens is 3. The minimum atomic E-state index is 0. The van der Waals surface area contributed by atoms with Gasteiger partial charge in [-0.1, -0.05) is 47.2 Å². The zero-order valence-corrected chi connectivity index (χ0v) is 14.6. The molecular weight excluding hydrogens is 438 g/mol. The number of nitrogens with zero attached hydrogens (tertiary/aromatic N) is 3. The van der Waals surface area contributed by atoms with Crippen LogP contribution in [0.25, 0.3) is 22.5 Å². The molecule has 0 spiro atoms. The molecule has 109 valence electrons. The summed E-state index contributed by atoms with van der Waals surface area (Å²) in [6.07, 6.45) is 3.72. The summed E-state index contributed by atoms with van der Waals surface area (Å²) in [6, 6.07) is 13.4. The van der Waals surface area contributed by atoms with Gasteiger partial charge in [-0.15, -0.1) is 12.1 Å². The van der Waals surface area contributed by atoms with Gasteiger partial charge in [0.1, 0.15) is 0 Å². The van der Waals surface area contributed by atoms with Gasteiger partial charge in [-0.05, 0) is 25.1 Å². The van der Waals surface area contributed by atoms with Crippen LogP contribution in [0.2, 0.25) is 0 Å². The fourth-order valence-electron chi connectivity index (χ4n) is 2.49. The van der Waals surface area contributed by atoms with Crippen molar-refractivity contribution in [1.29, 1.82) is 0 Å². The summed E-state index contributed by atoms with van der Waals surface area (Å²) in [5.74, 6) is 0. The van der Waals surface area contributed by atoms with E-state index in [1.807, 2.05) is 25.4 Å². The average molecular weight is 455 g/mol. The second-order valence-electron chi connectivity index (χ2n) is 4.95. The molecule has 1 radical (unpaired) electrons. The van der Waals surface area contributed by atoms with Crippen LogP contribution in [0.3, 0.4) is 0 Å². The van der Waals surface area contributed by atoms with E-state index < -0.39 is 0 Å². The summed E-state index contributed by atoms with van der Waals surface area (Å²) in [6.45, 7) is 4.22. The molecule has 2 aromatic heterocycles. The van der Waals surface area contributed by atoms with Gasteiger partial charge in [0.25, 0.3) is 0 Å². The van der Waals surface area contributed by atoms with Gasteiger partial charge in [-0.25, -0.2) is 5.10 Å². The van der Waals surface area contributed by atoms with E-state index in [2.05, 4.69) is 48.2 Å². The first-order valence-corrected chi connectivity index (χ1v) is 6.60. The molecule has 0 aliphatic carbocycles. The molecule has 0 N–H and O–H groups in total. The van der Waals surface area contributed by atoms with Crippen molar-refractivity contribution >= 4 is 0 Å². The van der Waals surface area contributed by atoms with Crippen LogP contribution in [0.15, 0.2) is 42.7 Å². The Morgan fingerprint density at radius 2 is 1.81 bits per heavy atom. The van der Waals surface area contributed by atoms with E-state index in [0.717, 1.165) is 17.0 Å². The molecule has 0 fully saturated rings. The Morgan fingerprint density at radius 1 is 1.10 bits per heavy atom. The van der Waals surface area contributed by atoms with Crippen molar-refractivity contribution in [2.24, 2.45) is 7.05 Å². The molecule has 0 amide bonds. The summed E-state index contributed by atoms with van der Waals surface area (Å²) in [7, 11) is 1.92. The number of aryl methyl sites for hydroxylation is 3. The Morgan fingerprint density at radius 3 is 2.43 bits per heavy atom. The van der Waals surface area contributed by atoms with E-state index in [-0.39, 0.29) is 20.1 Å². The average Bonchev–Trinajstić information content (AvgIpc) is 2.86. The molecule has 2 heterocycles. The second kappa shape index (κ2) is 6.33. The largest absolute Gasteiger partial charge is 0.352 e. The predicted molar refractivity (Wildman–Crippen MR) is 80.2 cm³/mol. The van der Waals surface area contributed by atoms with Crippen LogP contribution in [0, 0.1) is 19.9 Å². The van der Waals surface area contributed by atoms with E-state index in [1.54, 1.807) is 10.9 Å². The fraction of sp³-hybridized carbons (Fsp3) is 0.176. The number of rotatable bonds is 2. The van der Waals surface area contributed by atoms with Crippen molar-refractivity contribution in [3.05, 3.63) is 59.9 Å². The molecule has 0 atom stereocenters. The topological polar surface area (TPSA) is 30.7 Å². The Hall–Kier alpha value is -1.77. The van der Waals surface area contributed by atoms with Crippen LogP contribution in [0.1, 0.15) is 11.1 Å². The zero-order valence-electron chi connectivity index (χ0n) is 12.2. The standard InChI is InChI=1S/C17H16N3.Ir/c1-12-6-4-7-13(2)16(12)17-14(8-5-10-18-17)15-9-11-20(3)19-15;/h4-7,9-11H,1-3H3;/q-1;. The van der Waals surface area contributed by atoms with E-state index in [0.29, 0.717) is 0 Å². The van der Waals surface area contributed by atoms with Crippen molar-refractivity contribution in [1.82, 2.24) is 14.8 Å². The van der Waals surface area contributed by atoms with Crippen molar-refractivity contribution in [3.63, 3.8) is 0 Å². The van der Waals surface area contributed by atoms with E-state index in [4.69, 9.17) is 0 Å². The van der Waals surface area contributed by atoms with Crippen LogP contribution in [-0.4, -0.2) is 14.8 Å². The van der Waals surface area contributed by atoms with Gasteiger partial charge in [-0.2, -0.15) is 0 Å². The van der Waals surface area contributed by atoms with Crippen LogP contribution in [0.4, 0.5) is 0 Å². The number of hydrogen-bond acceptors (Lipinski definition) is 2. The normalized spacial score (nSPS) is 10.2. The van der Waals surface area contributed by atoms with Crippen LogP contribution >= 0.6 is 0 Å². The smallest absolute Gasteiger partial charge is 0.0288 e. The molecule has 3 rings (SSSR count). The Bertz CT molecular complexity index is 742. The van der Waals surface area contributed by atoms with Crippen molar-refractivity contribution in [2.45, 2.75) is 13.8 Å². The van der Waals surface area contributed by atoms with E-state index in [1.165, 1.54) is 16.7 Å². The van der Waals surface area contributed by atoms with Gasteiger partial charge >= 0.3 is 0 Å². The van der Waals surface area contributed by atoms with Crippen LogP contribution in [0.5, 0.6) is 0 Å². The monoisotopic (exact) mass is 455 g/mol. The third-order valence-corrected chi connectivity index (χ3v) is 3.43. The van der Waals surface area contributed by atoms with E-state index in [9.17, 15) is 0 Å². The first-order chi connectivity index (χ1) is 9.66. The summed E-state index contributed by atoms with van der Waals surface area (Å²) in [5, 5.41) is 4.47. The molecule has 0 bridgehead atoms. The molecule has 3 aromatic rings. The zero-order chi connectivity index (χ0) is 14.1. The van der Waals surface area contributed by atoms with Crippen LogP contribution < -0.4 is 0 Å². The third kappa shape index (κ3) is 2.97. The van der Waals surface area contributed by atoms with Gasteiger partial charge in [0.05, 0.1) is 0 Å². The van der Waals surface area contributed by atoms with Gasteiger partial charge in [0.15, 0.2) is 0 Å². The van der Waals surface area contributed by atoms with Gasteiger partial charge in [0, 0.05) is 39.0 Å². The Labute approximate surface area is 138 Å². The summed E-state index contributed by atoms with van der Waals surface area (Å²) in [4.78, 5) is 4.58. The molecule has 4 heteroatoms. The summed E-state index contributed by atoms with van der Waals surface area (Å²) < 4.78 is 1.80. The summed E-state index contributed by atoms with van der Waals surface area (Å²) in [5.41, 5.74) is 6.40. The number of pyridine rings is 1. The molecule has 3 nitrogen and oxygen atoms in total. The number of benzene rings is 1. The molecule has 0 saturated carbocycles. The first-order valence-electron chi connectivity index (χ1n) is 6.60. The predicted octanol–water partition coefficient (Wildman–Crippen LogP) is 3.56. The molecule has 0 aliphatic rings. The fourth-order valence-corrected chi connectivity index (χ4v) is 2.49. The first kappa shape index (κ1) is 15.6. The second-order valence-corrected chi connectivity index (χ2v) is 4.95. The molecule has 1 aromatic carbocycles. The maximum Gasteiger partial charge on any atom is 0.0288 e. The molecule has 0 saturated heterocycles. The minimum Gasteiger partial charge on any atom is -0.352 e. The number of hydrogen-bond donors (Lipinski definition) is 0. The van der Waals surface area contributed by atoms with Gasteiger partial charge in [0.2, 0.25) is 0 Å². The van der Waals surface area contributed by atoms with Crippen LogP contribution in [-0.2, 0) is 27.2 Å². The van der Waals surface area contributed by atoms with Crippen molar-refractivity contribution in [3.8, 4) is 22.5 Å². The van der Waals surface area contributed by atoms with Crippen molar-refractivity contribution in [2.75, 3.05) is 0 Å². The maximum atomic E-state index is 4.58. The Kier molecular flexibility index (Phi) is 4.71. The SMILES string of the molecule is Cc1cccc(C)c1-c1ncc[c-]c1-c1ccn(C)n1.[Ir]. The minimum absolute atomic E-state index is 0. The molecule has 0 unspecified atom stereocenters. The van der Waals surface area contributed by atoms with E-state index >= 15 is 0 Å². The molecule has 0 aliphatic heterocycles. The molecular formula is C17H16IrN3-. The quantitative estimate of drug-likeness (QED) is 0.555. The maximum absolute atomic E-state index is 4.58. The van der Waals surface area contributed by atoms with Gasteiger partial charge in [-0.3, -0.25) is 4.68 Å². The summed E-state index contributed by atoms with van der Waals surface area (Å²) >= 11 is 0. The third-order valence-electron chi connectivity index (χ3n) is 3.43. The van der Waals surface area contributed by atoms with Gasteiger partial charge < -0.3 is 4.98 Å².